The van der Waals surface area contributed by atoms with Crippen molar-refractivity contribution in [1.82, 2.24) is 0 Å². The normalized spacial score (nSPS) is 26.4. The summed E-state index contributed by atoms with van der Waals surface area (Å²) in [4.78, 5) is 0. The van der Waals surface area contributed by atoms with E-state index in [-0.39, 0.29) is 0 Å². The molecule has 2 aromatic rings. The molecule has 2 unspecified atom stereocenters. The molecule has 7 nitrogen and oxygen atoms in total. The van der Waals surface area contributed by atoms with E-state index in [0.717, 1.165) is 22.4 Å². The molecule has 0 bridgehead atoms. The van der Waals surface area contributed by atoms with Crippen LogP contribution in [0.5, 0.6) is 11.5 Å². The van der Waals surface area contributed by atoms with Crippen LogP contribution in [0.3, 0.4) is 0 Å². The van der Waals surface area contributed by atoms with Crippen molar-refractivity contribution in [2.45, 2.75) is 50.8 Å². The van der Waals surface area contributed by atoms with Gasteiger partial charge < -0.3 is 34.6 Å². The highest BCUT2D eigenvalue weighted by molar-refractivity contribution is 5.46. The summed E-state index contributed by atoms with van der Waals surface area (Å²) in [5.74, 6) is 1.32. The summed E-state index contributed by atoms with van der Waals surface area (Å²) >= 11 is 0. The lowest BCUT2D eigenvalue weighted by atomic mass is 9.88. The third-order valence-corrected chi connectivity index (χ3v) is 5.52. The van der Waals surface area contributed by atoms with Crippen LogP contribution in [0.15, 0.2) is 36.4 Å². The van der Waals surface area contributed by atoms with E-state index >= 15 is 0 Å². The molecule has 3 rings (SSSR count). The lowest BCUT2D eigenvalue weighted by Gasteiger charge is -2.40. The number of ether oxygens (including phenoxy) is 3. The Hall–Kier alpha value is -2.16. The van der Waals surface area contributed by atoms with Gasteiger partial charge in [-0.2, -0.15) is 0 Å². The Labute approximate surface area is 176 Å². The van der Waals surface area contributed by atoms with Crippen LogP contribution in [0.1, 0.15) is 35.3 Å². The molecule has 0 radical (unpaired) electrons. The molecule has 0 aromatic heterocycles. The Kier molecular flexibility index (Phi) is 7.33. The van der Waals surface area contributed by atoms with Crippen molar-refractivity contribution in [3.8, 4) is 11.5 Å². The molecule has 0 amide bonds. The first-order valence-corrected chi connectivity index (χ1v) is 10.1. The fraction of sp³-hybridized carbons (Fsp3) is 0.478. The summed E-state index contributed by atoms with van der Waals surface area (Å²) in [6.07, 6.45) is -5.49. The van der Waals surface area contributed by atoms with Gasteiger partial charge >= 0.3 is 0 Å². The molecule has 1 aliphatic rings. The number of aliphatic hydroxyl groups excluding tert-OH is 4. The number of benzene rings is 2. The number of rotatable bonds is 7. The standard InChI is InChI=1S/C23H30O7/c1-4-29-16-7-5-14(6-8-16)10-15-11-17(18(28-3)9-13(15)2)23-22(27)21(26)20(25)19(12-24)30-23/h5-9,11,19-27H,4,10,12H2,1-3H3/t19?,20-,21?,22+,23+/m1/s1. The average Bonchev–Trinajstić information content (AvgIpc) is 2.75. The average molecular weight is 418 g/mol. The molecule has 1 fully saturated rings. The van der Waals surface area contributed by atoms with Crippen LogP contribution in [0, 0.1) is 6.92 Å². The van der Waals surface area contributed by atoms with Gasteiger partial charge in [0.1, 0.15) is 42.0 Å². The Morgan fingerprint density at radius 2 is 1.70 bits per heavy atom. The summed E-state index contributed by atoms with van der Waals surface area (Å²) in [5, 5.41) is 40.3. The molecule has 4 N–H and O–H groups in total. The molecule has 164 valence electrons. The van der Waals surface area contributed by atoms with E-state index < -0.39 is 37.1 Å². The fourth-order valence-corrected chi connectivity index (χ4v) is 3.78. The van der Waals surface area contributed by atoms with Crippen LogP contribution in [0.4, 0.5) is 0 Å². The van der Waals surface area contributed by atoms with Crippen molar-refractivity contribution >= 4 is 0 Å². The minimum absolute atomic E-state index is 0.478. The molecule has 0 spiro atoms. The van der Waals surface area contributed by atoms with Crippen LogP contribution in [0.2, 0.25) is 0 Å². The van der Waals surface area contributed by atoms with E-state index in [1.54, 1.807) is 0 Å². The molecule has 0 saturated carbocycles. The van der Waals surface area contributed by atoms with Gasteiger partial charge in [-0.25, -0.2) is 0 Å². The molecule has 30 heavy (non-hydrogen) atoms. The van der Waals surface area contributed by atoms with Crippen molar-refractivity contribution < 1.29 is 34.6 Å². The van der Waals surface area contributed by atoms with E-state index in [0.29, 0.717) is 24.3 Å². The van der Waals surface area contributed by atoms with Gasteiger partial charge in [-0.3, -0.25) is 0 Å². The predicted octanol–water partition coefficient (Wildman–Crippen LogP) is 1.51. The molecular formula is C23H30O7. The quantitative estimate of drug-likeness (QED) is 0.540. The van der Waals surface area contributed by atoms with Crippen LogP contribution in [-0.4, -0.2) is 65.2 Å². The Morgan fingerprint density at radius 1 is 1.00 bits per heavy atom. The second kappa shape index (κ2) is 9.76. The largest absolute Gasteiger partial charge is 0.496 e. The van der Waals surface area contributed by atoms with Gasteiger partial charge in [0.2, 0.25) is 0 Å². The summed E-state index contributed by atoms with van der Waals surface area (Å²) in [6.45, 7) is 4.05. The maximum atomic E-state index is 10.5. The molecular weight excluding hydrogens is 388 g/mol. The van der Waals surface area contributed by atoms with E-state index in [4.69, 9.17) is 14.2 Å². The van der Waals surface area contributed by atoms with Gasteiger partial charge in [-0.15, -0.1) is 0 Å². The maximum Gasteiger partial charge on any atom is 0.125 e. The number of aliphatic hydroxyl groups is 4. The van der Waals surface area contributed by atoms with Crippen molar-refractivity contribution in [2.24, 2.45) is 0 Å². The molecule has 1 saturated heterocycles. The monoisotopic (exact) mass is 418 g/mol. The van der Waals surface area contributed by atoms with E-state index in [1.807, 2.05) is 50.2 Å². The van der Waals surface area contributed by atoms with E-state index in [9.17, 15) is 20.4 Å². The van der Waals surface area contributed by atoms with E-state index in [1.165, 1.54) is 7.11 Å². The van der Waals surface area contributed by atoms with Gasteiger partial charge in [0, 0.05) is 5.56 Å². The minimum atomic E-state index is -1.44. The van der Waals surface area contributed by atoms with Crippen molar-refractivity contribution in [1.29, 1.82) is 0 Å². The molecule has 0 aliphatic carbocycles. The zero-order valence-corrected chi connectivity index (χ0v) is 17.5. The van der Waals surface area contributed by atoms with Crippen LogP contribution < -0.4 is 9.47 Å². The number of aryl methyl sites for hydroxylation is 1. The van der Waals surface area contributed by atoms with Crippen molar-refractivity contribution in [2.75, 3.05) is 20.3 Å². The van der Waals surface area contributed by atoms with Crippen molar-refractivity contribution in [3.63, 3.8) is 0 Å². The highest BCUT2D eigenvalue weighted by Crippen LogP contribution is 2.38. The second-order valence-electron chi connectivity index (χ2n) is 7.52. The topological polar surface area (TPSA) is 109 Å². The summed E-state index contributed by atoms with van der Waals surface area (Å²) < 4.78 is 16.7. The number of hydrogen-bond acceptors (Lipinski definition) is 7. The fourth-order valence-electron chi connectivity index (χ4n) is 3.78. The number of hydrogen-bond donors (Lipinski definition) is 4. The first kappa shape index (κ1) is 22.5. The molecule has 7 heteroatoms. The molecule has 2 aromatic carbocycles. The molecule has 5 atom stereocenters. The lowest BCUT2D eigenvalue weighted by Crippen LogP contribution is -2.55. The zero-order chi connectivity index (χ0) is 21.8. The van der Waals surface area contributed by atoms with E-state index in [2.05, 4.69) is 0 Å². The summed E-state index contributed by atoms with van der Waals surface area (Å²) in [5.41, 5.74) is 3.66. The molecule has 1 aliphatic heterocycles. The van der Waals surface area contributed by atoms with Gasteiger partial charge in [0.15, 0.2) is 0 Å². The van der Waals surface area contributed by atoms with Gasteiger partial charge in [-0.1, -0.05) is 12.1 Å². The van der Waals surface area contributed by atoms with Gasteiger partial charge in [0.05, 0.1) is 20.3 Å². The Bertz CT molecular complexity index is 834. The Balaban J connectivity index is 1.93. The van der Waals surface area contributed by atoms with Gasteiger partial charge in [-0.05, 0) is 61.2 Å². The maximum absolute atomic E-state index is 10.5. The summed E-state index contributed by atoms with van der Waals surface area (Å²) in [6, 6.07) is 11.6. The minimum Gasteiger partial charge on any atom is -0.496 e. The van der Waals surface area contributed by atoms with Crippen LogP contribution in [-0.2, 0) is 11.2 Å². The third-order valence-electron chi connectivity index (χ3n) is 5.52. The van der Waals surface area contributed by atoms with Crippen molar-refractivity contribution in [3.05, 3.63) is 58.7 Å². The smallest absolute Gasteiger partial charge is 0.125 e. The predicted molar refractivity (Wildman–Crippen MR) is 111 cm³/mol. The number of methoxy groups -OCH3 is 1. The Morgan fingerprint density at radius 3 is 2.30 bits per heavy atom. The SMILES string of the molecule is CCOc1ccc(Cc2cc([C@@H]3OC(CO)[C@@H](O)C(O)[C@@H]3O)c(OC)cc2C)cc1. The van der Waals surface area contributed by atoms with Crippen LogP contribution >= 0.6 is 0 Å². The first-order valence-electron chi connectivity index (χ1n) is 10.1. The summed E-state index contributed by atoms with van der Waals surface area (Å²) in [7, 11) is 1.52. The highest BCUT2D eigenvalue weighted by atomic mass is 16.5. The first-order chi connectivity index (χ1) is 14.4. The second-order valence-corrected chi connectivity index (χ2v) is 7.52. The highest BCUT2D eigenvalue weighted by Gasteiger charge is 2.44. The molecule has 1 heterocycles. The zero-order valence-electron chi connectivity index (χ0n) is 17.5. The lowest BCUT2D eigenvalue weighted by molar-refractivity contribution is -0.232. The van der Waals surface area contributed by atoms with Crippen LogP contribution in [0.25, 0.3) is 0 Å². The van der Waals surface area contributed by atoms with Gasteiger partial charge in [0.25, 0.3) is 0 Å². The third kappa shape index (κ3) is 4.61.